The number of nitrogens with one attached hydrogen (secondary N) is 1. The monoisotopic (exact) mass is 201 g/mol. The lowest BCUT2D eigenvalue weighted by Gasteiger charge is -2.14. The van der Waals surface area contributed by atoms with Crippen molar-refractivity contribution in [2.75, 3.05) is 0 Å². The van der Waals surface area contributed by atoms with Crippen LogP contribution in [0.15, 0.2) is 24.4 Å². The summed E-state index contributed by atoms with van der Waals surface area (Å²) in [6.07, 6.45) is 5.12. The highest BCUT2D eigenvalue weighted by Gasteiger charge is 2.26. The second-order valence-electron chi connectivity index (χ2n) is 3.97. The molecule has 15 heavy (non-hydrogen) atoms. The molecule has 1 fully saturated rings. The number of hydrogen-bond acceptors (Lipinski definition) is 3. The minimum atomic E-state index is 0.189. The van der Waals surface area contributed by atoms with Crippen molar-refractivity contribution in [3.63, 3.8) is 0 Å². The molecule has 0 amide bonds. The largest absolute Gasteiger partial charge is 0.307 e. The van der Waals surface area contributed by atoms with Crippen LogP contribution in [0.3, 0.4) is 0 Å². The van der Waals surface area contributed by atoms with E-state index in [9.17, 15) is 0 Å². The Bertz CT molecular complexity index is 342. The van der Waals surface area contributed by atoms with Crippen molar-refractivity contribution in [1.29, 1.82) is 5.26 Å². The number of aromatic nitrogens is 1. The van der Waals surface area contributed by atoms with E-state index in [1.165, 1.54) is 0 Å². The minimum Gasteiger partial charge on any atom is -0.307 e. The molecule has 0 bridgehead atoms. The van der Waals surface area contributed by atoms with E-state index < -0.39 is 0 Å². The van der Waals surface area contributed by atoms with Crippen molar-refractivity contribution >= 4 is 0 Å². The van der Waals surface area contributed by atoms with Gasteiger partial charge in [-0.1, -0.05) is 12.5 Å². The summed E-state index contributed by atoms with van der Waals surface area (Å²) < 4.78 is 0. The molecular weight excluding hydrogens is 186 g/mol. The molecule has 1 aromatic heterocycles. The third-order valence-corrected chi connectivity index (χ3v) is 2.95. The van der Waals surface area contributed by atoms with Crippen LogP contribution in [0.2, 0.25) is 0 Å². The smallest absolute Gasteiger partial charge is 0.0672 e. The molecule has 3 nitrogen and oxygen atoms in total. The maximum absolute atomic E-state index is 8.93. The first kappa shape index (κ1) is 10.1. The van der Waals surface area contributed by atoms with Crippen molar-refractivity contribution in [2.24, 2.45) is 5.92 Å². The van der Waals surface area contributed by atoms with E-state index in [2.05, 4.69) is 16.4 Å². The summed E-state index contributed by atoms with van der Waals surface area (Å²) in [5, 5.41) is 12.3. The number of hydrogen-bond donors (Lipinski definition) is 1. The van der Waals surface area contributed by atoms with Crippen molar-refractivity contribution < 1.29 is 0 Å². The van der Waals surface area contributed by atoms with Crippen molar-refractivity contribution in [3.05, 3.63) is 30.1 Å². The molecule has 1 aliphatic carbocycles. The maximum Gasteiger partial charge on any atom is 0.0672 e. The lowest BCUT2D eigenvalue weighted by molar-refractivity contribution is 0.461. The summed E-state index contributed by atoms with van der Waals surface area (Å²) in [5.74, 6) is 0.189. The van der Waals surface area contributed by atoms with Crippen LogP contribution in [-0.2, 0) is 6.54 Å². The van der Waals surface area contributed by atoms with Crippen LogP contribution in [0.5, 0.6) is 0 Å². The SMILES string of the molecule is N#CC1CCCC1NCc1ccccn1. The van der Waals surface area contributed by atoms with Gasteiger partial charge in [0.1, 0.15) is 0 Å². The molecule has 0 saturated heterocycles. The fraction of sp³-hybridized carbons (Fsp3) is 0.500. The Labute approximate surface area is 90.1 Å². The molecule has 2 unspecified atom stereocenters. The summed E-state index contributed by atoms with van der Waals surface area (Å²) in [4.78, 5) is 4.25. The molecule has 0 spiro atoms. The summed E-state index contributed by atoms with van der Waals surface area (Å²) in [6.45, 7) is 0.768. The van der Waals surface area contributed by atoms with Gasteiger partial charge < -0.3 is 5.32 Å². The van der Waals surface area contributed by atoms with Crippen LogP contribution in [0.1, 0.15) is 25.0 Å². The zero-order chi connectivity index (χ0) is 10.5. The average molecular weight is 201 g/mol. The standard InChI is InChI=1S/C12H15N3/c13-8-10-4-3-6-12(10)15-9-11-5-1-2-7-14-11/h1-2,5,7,10,12,15H,3-4,6,9H2. The number of nitriles is 1. The van der Waals surface area contributed by atoms with E-state index in [0.29, 0.717) is 6.04 Å². The van der Waals surface area contributed by atoms with E-state index in [1.807, 2.05) is 18.2 Å². The predicted molar refractivity (Wildman–Crippen MR) is 57.8 cm³/mol. The zero-order valence-electron chi connectivity index (χ0n) is 8.69. The van der Waals surface area contributed by atoms with Crippen LogP contribution >= 0.6 is 0 Å². The number of nitrogens with zero attached hydrogens (tertiary/aromatic N) is 2. The Hall–Kier alpha value is -1.40. The molecular formula is C12H15N3. The molecule has 2 atom stereocenters. The van der Waals surface area contributed by atoms with Crippen LogP contribution in [0, 0.1) is 17.2 Å². The predicted octanol–water partition coefficient (Wildman–Crippen LogP) is 1.86. The fourth-order valence-electron chi connectivity index (χ4n) is 2.10. The van der Waals surface area contributed by atoms with Gasteiger partial charge in [-0.15, -0.1) is 0 Å². The summed E-state index contributed by atoms with van der Waals surface area (Å²) >= 11 is 0. The molecule has 3 heteroatoms. The van der Waals surface area contributed by atoms with Crippen LogP contribution in [0.25, 0.3) is 0 Å². The van der Waals surface area contributed by atoms with Crippen LogP contribution < -0.4 is 5.32 Å². The zero-order valence-corrected chi connectivity index (χ0v) is 8.69. The van der Waals surface area contributed by atoms with Gasteiger partial charge in [-0.25, -0.2) is 0 Å². The Kier molecular flexibility index (Phi) is 3.31. The van der Waals surface area contributed by atoms with E-state index in [4.69, 9.17) is 5.26 Å². The van der Waals surface area contributed by atoms with Gasteiger partial charge in [0.05, 0.1) is 17.7 Å². The fourth-order valence-corrected chi connectivity index (χ4v) is 2.10. The molecule has 0 aromatic carbocycles. The molecule has 78 valence electrons. The van der Waals surface area contributed by atoms with Gasteiger partial charge in [0.2, 0.25) is 0 Å². The van der Waals surface area contributed by atoms with Gasteiger partial charge in [-0.05, 0) is 25.0 Å². The lowest BCUT2D eigenvalue weighted by Crippen LogP contribution is -2.31. The highest BCUT2D eigenvalue weighted by Crippen LogP contribution is 2.24. The summed E-state index contributed by atoms with van der Waals surface area (Å²) in [5.41, 5.74) is 1.04. The first-order valence-corrected chi connectivity index (χ1v) is 5.43. The van der Waals surface area contributed by atoms with Crippen LogP contribution in [0.4, 0.5) is 0 Å². The van der Waals surface area contributed by atoms with E-state index in [-0.39, 0.29) is 5.92 Å². The van der Waals surface area contributed by atoms with Gasteiger partial charge >= 0.3 is 0 Å². The quantitative estimate of drug-likeness (QED) is 0.812. The second-order valence-corrected chi connectivity index (χ2v) is 3.97. The minimum absolute atomic E-state index is 0.189. The molecule has 1 N–H and O–H groups in total. The summed E-state index contributed by atoms with van der Waals surface area (Å²) in [7, 11) is 0. The Morgan fingerprint density at radius 3 is 3.13 bits per heavy atom. The molecule has 1 saturated carbocycles. The first-order chi connectivity index (χ1) is 7.40. The topological polar surface area (TPSA) is 48.7 Å². The molecule has 1 aromatic rings. The average Bonchev–Trinajstić information content (AvgIpc) is 2.75. The molecule has 2 rings (SSSR count). The van der Waals surface area contributed by atoms with Crippen molar-refractivity contribution in [2.45, 2.75) is 31.8 Å². The first-order valence-electron chi connectivity index (χ1n) is 5.43. The lowest BCUT2D eigenvalue weighted by atomic mass is 10.1. The normalized spacial score (nSPS) is 25.0. The van der Waals surface area contributed by atoms with E-state index in [0.717, 1.165) is 31.5 Å². The third kappa shape index (κ3) is 2.54. The van der Waals surface area contributed by atoms with Crippen LogP contribution in [-0.4, -0.2) is 11.0 Å². The highest BCUT2D eigenvalue weighted by atomic mass is 14.9. The van der Waals surface area contributed by atoms with E-state index >= 15 is 0 Å². The molecule has 1 aliphatic rings. The summed E-state index contributed by atoms with van der Waals surface area (Å²) in [6, 6.07) is 8.63. The van der Waals surface area contributed by atoms with Gasteiger partial charge in [0.15, 0.2) is 0 Å². The molecule has 1 heterocycles. The van der Waals surface area contributed by atoms with E-state index in [1.54, 1.807) is 6.20 Å². The molecule has 0 aliphatic heterocycles. The van der Waals surface area contributed by atoms with Gasteiger partial charge in [-0.3, -0.25) is 4.98 Å². The maximum atomic E-state index is 8.93. The van der Waals surface area contributed by atoms with Gasteiger partial charge in [-0.2, -0.15) is 5.26 Å². The van der Waals surface area contributed by atoms with Gasteiger partial charge in [0.25, 0.3) is 0 Å². The third-order valence-electron chi connectivity index (χ3n) is 2.95. The number of pyridine rings is 1. The Morgan fingerprint density at radius 1 is 1.47 bits per heavy atom. The highest BCUT2D eigenvalue weighted by molar-refractivity contribution is 5.04. The Balaban J connectivity index is 1.86. The molecule has 0 radical (unpaired) electrons. The second kappa shape index (κ2) is 4.90. The number of rotatable bonds is 3. The Morgan fingerprint density at radius 2 is 2.40 bits per heavy atom. The van der Waals surface area contributed by atoms with Crippen molar-refractivity contribution in [1.82, 2.24) is 10.3 Å². The van der Waals surface area contributed by atoms with Crippen molar-refractivity contribution in [3.8, 4) is 6.07 Å². The van der Waals surface area contributed by atoms with Gasteiger partial charge in [0, 0.05) is 18.8 Å².